The number of hydrogen-bond acceptors (Lipinski definition) is 5. The van der Waals surface area contributed by atoms with Crippen molar-refractivity contribution in [3.8, 4) is 0 Å². The zero-order valence-corrected chi connectivity index (χ0v) is 58.8. The zero-order valence-electron chi connectivity index (χ0n) is 58.8. The van der Waals surface area contributed by atoms with Gasteiger partial charge >= 0.3 is 5.97 Å². The Morgan fingerprint density at radius 3 is 0.791 bits per heavy atom. The van der Waals surface area contributed by atoms with Crippen LogP contribution in [0.4, 0.5) is 0 Å². The lowest BCUT2D eigenvalue weighted by molar-refractivity contribution is -0.143. The Hall–Kier alpha value is -1.40. The van der Waals surface area contributed by atoms with Crippen molar-refractivity contribution in [2.75, 3.05) is 13.2 Å². The summed E-state index contributed by atoms with van der Waals surface area (Å²) >= 11 is 0. The monoisotopic (exact) mass is 1210 g/mol. The summed E-state index contributed by atoms with van der Waals surface area (Å²) in [5.41, 5.74) is 0. The van der Waals surface area contributed by atoms with E-state index in [9.17, 15) is 19.8 Å². The zero-order chi connectivity index (χ0) is 62.0. The molecule has 1 amide bonds. The number of unbranched alkanes of at least 4 members (excludes halogenated alkanes) is 65. The molecule has 0 aromatic heterocycles. The van der Waals surface area contributed by atoms with Crippen LogP contribution in [-0.2, 0) is 14.3 Å². The van der Waals surface area contributed by atoms with Crippen LogP contribution >= 0.6 is 0 Å². The maximum atomic E-state index is 12.5. The molecule has 0 fully saturated rings. The van der Waals surface area contributed by atoms with E-state index in [1.807, 2.05) is 6.08 Å². The first-order valence-electron chi connectivity index (χ1n) is 40.0. The van der Waals surface area contributed by atoms with E-state index in [1.54, 1.807) is 6.08 Å². The van der Waals surface area contributed by atoms with Gasteiger partial charge in [0.15, 0.2) is 0 Å². The van der Waals surface area contributed by atoms with E-state index < -0.39 is 12.1 Å². The molecule has 0 aliphatic carbocycles. The topological polar surface area (TPSA) is 95.9 Å². The molecule has 6 heteroatoms. The Morgan fingerprint density at radius 2 is 0.535 bits per heavy atom. The molecule has 0 aromatic carbocycles. The average Bonchev–Trinajstić information content (AvgIpc) is 3.57. The van der Waals surface area contributed by atoms with Crippen LogP contribution in [0.3, 0.4) is 0 Å². The van der Waals surface area contributed by atoms with Crippen LogP contribution in [0.15, 0.2) is 12.2 Å². The van der Waals surface area contributed by atoms with Crippen LogP contribution in [0, 0.1) is 0 Å². The SMILES string of the molecule is CCCCCCCCCCCCCCCCCCC/C=C/C(O)C(CO)NC(=O)CCCCCCCCCCCCCCCCCCCCCCCCCCCCCCCCCCCOC(=O)CCCCCCCCCCCCCCCCCCC. The van der Waals surface area contributed by atoms with Crippen molar-refractivity contribution in [3.63, 3.8) is 0 Å². The van der Waals surface area contributed by atoms with Crippen molar-refractivity contribution in [1.82, 2.24) is 5.32 Å². The number of esters is 1. The predicted octanol–water partition coefficient (Wildman–Crippen LogP) is 26.3. The summed E-state index contributed by atoms with van der Waals surface area (Å²) < 4.78 is 5.52. The lowest BCUT2D eigenvalue weighted by Crippen LogP contribution is -2.45. The maximum absolute atomic E-state index is 12.5. The van der Waals surface area contributed by atoms with E-state index in [2.05, 4.69) is 19.2 Å². The van der Waals surface area contributed by atoms with Gasteiger partial charge in [-0.3, -0.25) is 9.59 Å². The third-order valence-corrected chi connectivity index (χ3v) is 19.1. The second-order valence-electron chi connectivity index (χ2n) is 27.8. The summed E-state index contributed by atoms with van der Waals surface area (Å²) in [6, 6.07) is -0.624. The van der Waals surface area contributed by atoms with Crippen molar-refractivity contribution in [2.45, 2.75) is 475 Å². The van der Waals surface area contributed by atoms with E-state index >= 15 is 0 Å². The minimum absolute atomic E-state index is 0.0267. The molecule has 2 atom stereocenters. The van der Waals surface area contributed by atoms with Crippen molar-refractivity contribution in [3.05, 3.63) is 12.2 Å². The van der Waals surface area contributed by atoms with Gasteiger partial charge < -0.3 is 20.3 Å². The summed E-state index contributed by atoms with van der Waals surface area (Å²) in [5, 5.41) is 23.3. The number of ether oxygens (including phenoxy) is 1. The number of aliphatic hydroxyl groups is 2. The second-order valence-corrected chi connectivity index (χ2v) is 27.8. The van der Waals surface area contributed by atoms with Crippen LogP contribution in [0.5, 0.6) is 0 Å². The molecule has 3 N–H and O–H groups in total. The molecule has 0 saturated carbocycles. The lowest BCUT2D eigenvalue weighted by atomic mass is 10.0. The third-order valence-electron chi connectivity index (χ3n) is 19.1. The van der Waals surface area contributed by atoms with Crippen molar-refractivity contribution in [1.29, 1.82) is 0 Å². The minimum Gasteiger partial charge on any atom is -0.466 e. The van der Waals surface area contributed by atoms with Gasteiger partial charge in [0.25, 0.3) is 0 Å². The largest absolute Gasteiger partial charge is 0.466 e. The highest BCUT2D eigenvalue weighted by Crippen LogP contribution is 2.20. The molecule has 0 saturated heterocycles. The Kier molecular flexibility index (Phi) is 74.8. The van der Waals surface area contributed by atoms with E-state index in [-0.39, 0.29) is 18.5 Å². The highest BCUT2D eigenvalue weighted by molar-refractivity contribution is 5.76. The standard InChI is InChI=1S/C80H157NO5/c1-3-5-7-9-11-13-15-17-19-21-37-41-44-48-52-56-60-64-68-72-78(83)77(76-82)81-79(84)73-69-65-61-57-53-49-45-42-38-35-33-31-29-27-25-23-22-24-26-28-30-32-34-36-39-43-47-51-55-59-63-67-71-75-86-80(85)74-70-66-62-58-54-50-46-40-20-18-16-14-12-10-8-6-4-2/h68,72,77-78,82-83H,3-67,69-71,73-76H2,1-2H3,(H,81,84)/b72-68+. The number of rotatable bonds is 76. The highest BCUT2D eigenvalue weighted by Gasteiger charge is 2.18. The number of amides is 1. The fraction of sp³-hybridized carbons (Fsp3) is 0.950. The molecule has 0 spiro atoms. The Morgan fingerprint density at radius 1 is 0.314 bits per heavy atom. The van der Waals surface area contributed by atoms with Crippen LogP contribution in [0.2, 0.25) is 0 Å². The molecule has 86 heavy (non-hydrogen) atoms. The quantitative estimate of drug-likeness (QED) is 0.0320. The van der Waals surface area contributed by atoms with Crippen LogP contribution < -0.4 is 5.32 Å². The number of nitrogens with one attached hydrogen (secondary N) is 1. The summed E-state index contributed by atoms with van der Waals surface area (Å²) in [7, 11) is 0. The fourth-order valence-electron chi connectivity index (χ4n) is 13.0. The Labute approximate surface area is 539 Å². The number of hydrogen-bond donors (Lipinski definition) is 3. The van der Waals surface area contributed by atoms with Crippen LogP contribution in [-0.4, -0.2) is 47.4 Å². The van der Waals surface area contributed by atoms with Gasteiger partial charge in [-0.05, 0) is 32.1 Å². The van der Waals surface area contributed by atoms with Crippen molar-refractivity contribution < 1.29 is 24.5 Å². The molecule has 2 unspecified atom stereocenters. The van der Waals surface area contributed by atoms with E-state index in [0.717, 1.165) is 38.5 Å². The van der Waals surface area contributed by atoms with Crippen LogP contribution in [0.1, 0.15) is 463 Å². The summed E-state index contributed by atoms with van der Waals surface area (Å²) in [6.45, 7) is 4.97. The molecule has 0 radical (unpaired) electrons. The van der Waals surface area contributed by atoms with Gasteiger partial charge in [0.1, 0.15) is 0 Å². The van der Waals surface area contributed by atoms with Crippen LogP contribution in [0.25, 0.3) is 0 Å². The third kappa shape index (κ3) is 71.7. The molecule has 0 bridgehead atoms. The van der Waals surface area contributed by atoms with E-state index in [4.69, 9.17) is 4.74 Å². The molecule has 0 heterocycles. The maximum Gasteiger partial charge on any atom is 0.305 e. The van der Waals surface area contributed by atoms with Gasteiger partial charge in [-0.25, -0.2) is 0 Å². The van der Waals surface area contributed by atoms with Gasteiger partial charge in [0.05, 0.1) is 25.4 Å². The summed E-state index contributed by atoms with van der Waals surface area (Å²) in [4.78, 5) is 24.6. The lowest BCUT2D eigenvalue weighted by Gasteiger charge is -2.20. The first-order chi connectivity index (χ1) is 42.5. The van der Waals surface area contributed by atoms with Crippen molar-refractivity contribution in [2.24, 2.45) is 0 Å². The molecular weight excluding hydrogens is 1050 g/mol. The van der Waals surface area contributed by atoms with Gasteiger partial charge in [0.2, 0.25) is 5.91 Å². The molecule has 0 aromatic rings. The highest BCUT2D eigenvalue weighted by atomic mass is 16.5. The molecule has 0 aliphatic heterocycles. The fourth-order valence-corrected chi connectivity index (χ4v) is 13.0. The molecular formula is C80H157NO5. The average molecular weight is 1210 g/mol. The smallest absolute Gasteiger partial charge is 0.305 e. The number of carbonyl (C=O) groups excluding carboxylic acids is 2. The molecule has 0 rings (SSSR count). The van der Waals surface area contributed by atoms with Gasteiger partial charge in [-0.2, -0.15) is 0 Å². The number of aliphatic hydroxyl groups excluding tert-OH is 2. The normalized spacial score (nSPS) is 12.5. The Balaban J connectivity index is 3.32. The van der Waals surface area contributed by atoms with E-state index in [1.165, 1.54) is 398 Å². The van der Waals surface area contributed by atoms with Gasteiger partial charge in [-0.15, -0.1) is 0 Å². The Bertz CT molecular complexity index is 1300. The molecule has 512 valence electrons. The second kappa shape index (κ2) is 76.1. The van der Waals surface area contributed by atoms with Gasteiger partial charge in [0, 0.05) is 12.8 Å². The minimum atomic E-state index is -0.841. The predicted molar refractivity (Wildman–Crippen MR) is 380 cm³/mol. The van der Waals surface area contributed by atoms with Gasteiger partial charge in [-0.1, -0.05) is 431 Å². The van der Waals surface area contributed by atoms with E-state index in [0.29, 0.717) is 19.4 Å². The van der Waals surface area contributed by atoms with Crippen molar-refractivity contribution >= 4 is 11.9 Å². The number of allylic oxidation sites excluding steroid dienone is 1. The number of carbonyl (C=O) groups is 2. The first kappa shape index (κ1) is 84.6. The molecule has 0 aliphatic rings. The summed E-state index contributed by atoms with van der Waals surface area (Å²) in [5.74, 6) is -0.0317. The summed E-state index contributed by atoms with van der Waals surface area (Å²) in [6.07, 6.45) is 96.3. The first-order valence-corrected chi connectivity index (χ1v) is 40.0. The molecule has 6 nitrogen and oxygen atoms in total.